The van der Waals surface area contributed by atoms with Gasteiger partial charge in [0.1, 0.15) is 5.75 Å². The molecule has 0 saturated heterocycles. The first-order valence-electron chi connectivity index (χ1n) is 7.97. The number of fused-ring (bicyclic) bond motifs is 1. The zero-order valence-electron chi connectivity index (χ0n) is 14.2. The summed E-state index contributed by atoms with van der Waals surface area (Å²) in [5.74, 6) is 0.498. The molecule has 1 N–H and O–H groups in total. The van der Waals surface area contributed by atoms with Gasteiger partial charge in [-0.25, -0.2) is 13.1 Å². The Bertz CT molecular complexity index is 892. The number of ether oxygens (including phenoxy) is 1. The molecule has 2 aromatic rings. The third-order valence-corrected chi connectivity index (χ3v) is 5.62. The zero-order chi connectivity index (χ0) is 18.0. The molecule has 1 aliphatic heterocycles. The van der Waals surface area contributed by atoms with Gasteiger partial charge >= 0.3 is 0 Å². The molecule has 0 spiro atoms. The molecule has 0 aromatic heterocycles. The van der Waals surface area contributed by atoms with Gasteiger partial charge in [-0.1, -0.05) is 17.7 Å². The third kappa shape index (κ3) is 3.67. The van der Waals surface area contributed by atoms with E-state index in [1.807, 2.05) is 31.2 Å². The van der Waals surface area contributed by atoms with Crippen LogP contribution in [0.2, 0.25) is 0 Å². The van der Waals surface area contributed by atoms with Crippen LogP contribution < -0.4 is 14.4 Å². The lowest BCUT2D eigenvalue weighted by atomic mass is 10.2. The van der Waals surface area contributed by atoms with Crippen molar-refractivity contribution in [2.45, 2.75) is 18.2 Å². The maximum Gasteiger partial charge on any atom is 0.264 e. The van der Waals surface area contributed by atoms with Crippen LogP contribution >= 0.6 is 0 Å². The lowest BCUT2D eigenvalue weighted by molar-refractivity contribution is -0.120. The first kappa shape index (κ1) is 17.4. The van der Waals surface area contributed by atoms with Crippen LogP contribution in [0.3, 0.4) is 0 Å². The lowest BCUT2D eigenvalue weighted by Gasteiger charge is -2.18. The number of anilines is 1. The van der Waals surface area contributed by atoms with Gasteiger partial charge < -0.3 is 9.64 Å². The summed E-state index contributed by atoms with van der Waals surface area (Å²) in [6.45, 7) is 2.45. The molecule has 0 unspecified atom stereocenters. The minimum Gasteiger partial charge on any atom is -0.484 e. The summed E-state index contributed by atoms with van der Waals surface area (Å²) in [6, 6.07) is 12.3. The normalized spacial score (nSPS) is 13.6. The molecule has 25 heavy (non-hydrogen) atoms. The predicted octanol–water partition coefficient (Wildman–Crippen LogP) is 1.87. The van der Waals surface area contributed by atoms with Crippen LogP contribution in [0.25, 0.3) is 0 Å². The molecular formula is C18H20N2O4S. The van der Waals surface area contributed by atoms with Crippen molar-refractivity contribution in [2.75, 3.05) is 25.1 Å². The molecule has 0 aliphatic carbocycles. The lowest BCUT2D eigenvalue weighted by Crippen LogP contribution is -2.33. The number of hydrogen-bond donors (Lipinski definition) is 1. The van der Waals surface area contributed by atoms with Crippen molar-refractivity contribution < 1.29 is 17.9 Å². The van der Waals surface area contributed by atoms with E-state index in [0.717, 1.165) is 16.8 Å². The standard InChI is InChI=1S/C18H20N2O4S/c1-13-3-5-15(6-4-13)24-12-18(21)20-10-9-14-11-16(7-8-17(14)20)25(22,23)19-2/h3-8,11,19H,9-10,12H2,1-2H3. The highest BCUT2D eigenvalue weighted by atomic mass is 32.2. The zero-order valence-corrected chi connectivity index (χ0v) is 15.0. The van der Waals surface area contributed by atoms with Crippen LogP contribution in [-0.4, -0.2) is 34.5 Å². The van der Waals surface area contributed by atoms with Crippen LogP contribution in [0.4, 0.5) is 5.69 Å². The van der Waals surface area contributed by atoms with Crippen LogP contribution in [0, 0.1) is 6.92 Å². The van der Waals surface area contributed by atoms with Gasteiger partial charge in [0.05, 0.1) is 4.90 Å². The second kappa shape index (κ2) is 6.85. The quantitative estimate of drug-likeness (QED) is 0.883. The number of sulfonamides is 1. The highest BCUT2D eigenvalue weighted by Crippen LogP contribution is 2.30. The summed E-state index contributed by atoms with van der Waals surface area (Å²) < 4.78 is 31.6. The molecule has 1 amide bonds. The first-order chi connectivity index (χ1) is 11.9. The van der Waals surface area contributed by atoms with E-state index in [1.165, 1.54) is 13.1 Å². The Labute approximate surface area is 147 Å². The number of benzene rings is 2. The Morgan fingerprint density at radius 3 is 2.60 bits per heavy atom. The molecule has 3 rings (SSSR count). The molecule has 0 saturated carbocycles. The Balaban J connectivity index is 1.71. The SMILES string of the molecule is CNS(=O)(=O)c1ccc2c(c1)CCN2C(=O)COc1ccc(C)cc1. The van der Waals surface area contributed by atoms with Gasteiger partial charge in [0.25, 0.3) is 5.91 Å². The molecule has 2 aromatic carbocycles. The Morgan fingerprint density at radius 2 is 1.92 bits per heavy atom. The van der Waals surface area contributed by atoms with E-state index in [-0.39, 0.29) is 17.4 Å². The molecule has 1 aliphatic rings. The average molecular weight is 360 g/mol. The molecule has 0 bridgehead atoms. The molecule has 7 heteroatoms. The van der Waals surface area contributed by atoms with Gasteiger partial charge in [-0.2, -0.15) is 0 Å². The van der Waals surface area contributed by atoms with Crippen molar-refractivity contribution in [3.8, 4) is 5.75 Å². The summed E-state index contributed by atoms with van der Waals surface area (Å²) in [6.07, 6.45) is 0.624. The van der Waals surface area contributed by atoms with Crippen molar-refractivity contribution in [2.24, 2.45) is 0 Å². The van der Waals surface area contributed by atoms with Gasteiger partial charge in [-0.05, 0) is 56.3 Å². The van der Waals surface area contributed by atoms with Crippen LogP contribution in [-0.2, 0) is 21.2 Å². The number of carbonyl (C=O) groups is 1. The largest absolute Gasteiger partial charge is 0.484 e. The Hall–Kier alpha value is -2.38. The fourth-order valence-electron chi connectivity index (χ4n) is 2.78. The van der Waals surface area contributed by atoms with E-state index in [4.69, 9.17) is 4.74 Å². The Kier molecular flexibility index (Phi) is 4.78. The van der Waals surface area contributed by atoms with E-state index in [0.29, 0.717) is 18.7 Å². The number of nitrogens with zero attached hydrogens (tertiary/aromatic N) is 1. The summed E-state index contributed by atoms with van der Waals surface area (Å²) >= 11 is 0. The van der Waals surface area contributed by atoms with Crippen molar-refractivity contribution in [3.63, 3.8) is 0 Å². The van der Waals surface area contributed by atoms with Gasteiger partial charge in [0, 0.05) is 12.2 Å². The number of amides is 1. The van der Waals surface area contributed by atoms with E-state index < -0.39 is 10.0 Å². The highest BCUT2D eigenvalue weighted by Gasteiger charge is 2.26. The number of hydrogen-bond acceptors (Lipinski definition) is 4. The molecular weight excluding hydrogens is 340 g/mol. The van der Waals surface area contributed by atoms with E-state index in [2.05, 4.69) is 4.72 Å². The number of rotatable bonds is 5. The predicted molar refractivity (Wildman–Crippen MR) is 95.4 cm³/mol. The molecule has 6 nitrogen and oxygen atoms in total. The second-order valence-corrected chi connectivity index (χ2v) is 7.78. The smallest absolute Gasteiger partial charge is 0.264 e. The van der Waals surface area contributed by atoms with Crippen molar-refractivity contribution in [1.29, 1.82) is 0 Å². The molecule has 0 atom stereocenters. The van der Waals surface area contributed by atoms with Gasteiger partial charge in [0.2, 0.25) is 10.0 Å². The molecule has 132 valence electrons. The number of carbonyl (C=O) groups excluding carboxylic acids is 1. The monoisotopic (exact) mass is 360 g/mol. The topological polar surface area (TPSA) is 75.7 Å². The second-order valence-electron chi connectivity index (χ2n) is 5.90. The average Bonchev–Trinajstić information content (AvgIpc) is 3.04. The van der Waals surface area contributed by atoms with Gasteiger partial charge in [-0.3, -0.25) is 4.79 Å². The first-order valence-corrected chi connectivity index (χ1v) is 9.45. The minimum atomic E-state index is -3.49. The molecule has 0 radical (unpaired) electrons. The summed E-state index contributed by atoms with van der Waals surface area (Å²) in [7, 11) is -2.11. The van der Waals surface area contributed by atoms with E-state index in [1.54, 1.807) is 17.0 Å². The van der Waals surface area contributed by atoms with E-state index in [9.17, 15) is 13.2 Å². The minimum absolute atomic E-state index is 0.0565. The van der Waals surface area contributed by atoms with Crippen LogP contribution in [0.5, 0.6) is 5.75 Å². The maximum atomic E-state index is 12.5. The van der Waals surface area contributed by atoms with Crippen molar-refractivity contribution in [1.82, 2.24) is 4.72 Å². The summed E-state index contributed by atoms with van der Waals surface area (Å²) in [4.78, 5) is 14.3. The summed E-state index contributed by atoms with van der Waals surface area (Å²) in [5, 5.41) is 0. The van der Waals surface area contributed by atoms with E-state index >= 15 is 0 Å². The fraction of sp³-hybridized carbons (Fsp3) is 0.278. The number of nitrogens with one attached hydrogen (secondary N) is 1. The van der Waals surface area contributed by atoms with Gasteiger partial charge in [0.15, 0.2) is 6.61 Å². The molecule has 1 heterocycles. The van der Waals surface area contributed by atoms with Crippen LogP contribution in [0.15, 0.2) is 47.4 Å². The molecule has 0 fully saturated rings. The number of aryl methyl sites for hydroxylation is 1. The van der Waals surface area contributed by atoms with Gasteiger partial charge in [-0.15, -0.1) is 0 Å². The fourth-order valence-corrected chi connectivity index (χ4v) is 3.56. The Morgan fingerprint density at radius 1 is 1.20 bits per heavy atom. The van der Waals surface area contributed by atoms with Crippen molar-refractivity contribution >= 4 is 21.6 Å². The maximum absolute atomic E-state index is 12.5. The van der Waals surface area contributed by atoms with Crippen LogP contribution in [0.1, 0.15) is 11.1 Å². The third-order valence-electron chi connectivity index (χ3n) is 4.21. The summed E-state index contributed by atoms with van der Waals surface area (Å²) in [5.41, 5.74) is 2.71. The van der Waals surface area contributed by atoms with Crippen molar-refractivity contribution in [3.05, 3.63) is 53.6 Å². The highest BCUT2D eigenvalue weighted by molar-refractivity contribution is 7.89.